The average molecular weight is 493 g/mol. The van der Waals surface area contributed by atoms with Crippen LogP contribution < -0.4 is 0 Å². The third-order valence-electron chi connectivity index (χ3n) is 5.31. The fourth-order valence-corrected chi connectivity index (χ4v) is 3.91. The molecule has 6 aromatic rings. The van der Waals surface area contributed by atoms with Crippen LogP contribution in [0.1, 0.15) is 62.8 Å². The predicted molar refractivity (Wildman–Crippen MR) is 175 cm³/mol. The summed E-state index contributed by atoms with van der Waals surface area (Å²) in [7, 11) is 0. The molecule has 0 heteroatoms. The van der Waals surface area contributed by atoms with Crippen LogP contribution in [0.2, 0.25) is 0 Å². The lowest BCUT2D eigenvalue weighted by Crippen LogP contribution is -1.75. The maximum atomic E-state index is 2.18. The van der Waals surface area contributed by atoms with Crippen LogP contribution in [0.15, 0.2) is 121 Å². The van der Waals surface area contributed by atoms with Gasteiger partial charge in [-0.15, -0.1) is 0 Å². The summed E-state index contributed by atoms with van der Waals surface area (Å²) in [6, 6.07) is 42.7. The molecule has 0 spiro atoms. The summed E-state index contributed by atoms with van der Waals surface area (Å²) in [6.45, 7) is 16.0. The molecule has 0 N–H and O–H groups in total. The normalized spacial score (nSPS) is 8.86. The fourth-order valence-electron chi connectivity index (χ4n) is 3.91. The zero-order chi connectivity index (χ0) is 26.8. The Morgan fingerprint density at radius 1 is 0.243 bits per heavy atom. The Hall–Kier alpha value is -3.64. The van der Waals surface area contributed by atoms with Crippen molar-refractivity contribution in [1.29, 1.82) is 0 Å². The molecule has 0 aromatic heterocycles. The molecule has 0 aliphatic carbocycles. The third-order valence-corrected chi connectivity index (χ3v) is 5.31. The number of fused-ring (bicyclic) bond motifs is 6. The van der Waals surface area contributed by atoms with Crippen molar-refractivity contribution in [3.8, 4) is 0 Å². The van der Waals surface area contributed by atoms with E-state index >= 15 is 0 Å². The van der Waals surface area contributed by atoms with Crippen LogP contribution in [-0.2, 0) is 0 Å². The zero-order valence-corrected chi connectivity index (χ0v) is 23.5. The van der Waals surface area contributed by atoms with E-state index in [9.17, 15) is 0 Å². The van der Waals surface area contributed by atoms with Gasteiger partial charge in [0, 0.05) is 0 Å². The summed E-state index contributed by atoms with van der Waals surface area (Å²) in [5.74, 6) is 0. The predicted octanol–water partition coefficient (Wildman–Crippen LogP) is 12.7. The molecule has 37 heavy (non-hydrogen) atoms. The number of hydrogen-bond acceptors (Lipinski definition) is 0. The first kappa shape index (κ1) is 33.4. The van der Waals surface area contributed by atoms with Crippen molar-refractivity contribution in [2.75, 3.05) is 0 Å². The van der Waals surface area contributed by atoms with Gasteiger partial charge in [-0.25, -0.2) is 0 Å². The Bertz CT molecular complexity index is 1190. The average Bonchev–Trinajstić information content (AvgIpc) is 3.01. The van der Waals surface area contributed by atoms with E-state index in [0.29, 0.717) is 0 Å². The highest BCUT2D eigenvalue weighted by Crippen LogP contribution is 2.25. The van der Waals surface area contributed by atoms with Crippen LogP contribution in [-0.4, -0.2) is 0 Å². The lowest BCUT2D eigenvalue weighted by Gasteiger charge is -2.02. The van der Waals surface area contributed by atoms with Crippen LogP contribution in [0.25, 0.3) is 43.1 Å². The van der Waals surface area contributed by atoms with Crippen molar-refractivity contribution in [2.24, 2.45) is 0 Å². The Balaban J connectivity index is 0.000000542. The third kappa shape index (κ3) is 8.76. The van der Waals surface area contributed by atoms with Crippen LogP contribution in [0.5, 0.6) is 0 Å². The van der Waals surface area contributed by atoms with Gasteiger partial charge >= 0.3 is 0 Å². The maximum Gasteiger partial charge on any atom is -0.0105 e. The topological polar surface area (TPSA) is 0 Å². The van der Waals surface area contributed by atoms with Crippen molar-refractivity contribution < 1.29 is 0 Å². The van der Waals surface area contributed by atoms with Crippen molar-refractivity contribution in [3.05, 3.63) is 121 Å². The summed E-state index contributed by atoms with van der Waals surface area (Å²) < 4.78 is 0. The summed E-state index contributed by atoms with van der Waals surface area (Å²) in [4.78, 5) is 0. The second kappa shape index (κ2) is 19.5. The molecule has 0 heterocycles. The lowest BCUT2D eigenvalue weighted by molar-refractivity contribution is 1.50. The molecular weight excluding hydrogens is 444 g/mol. The van der Waals surface area contributed by atoms with Crippen LogP contribution in [0.3, 0.4) is 0 Å². The molecule has 0 aliphatic heterocycles. The standard InChI is InChI=1S/2C14H10.4C2H6.CH4/c2*1-3-7-13-11(5-1)9-10-12-6-2-4-8-14(12)13;4*1-2;/h2*1-10H;4*1-2H3;1H4. The van der Waals surface area contributed by atoms with Gasteiger partial charge in [0.2, 0.25) is 0 Å². The summed E-state index contributed by atoms with van der Waals surface area (Å²) in [6.07, 6.45) is 0. The van der Waals surface area contributed by atoms with E-state index in [-0.39, 0.29) is 7.43 Å². The van der Waals surface area contributed by atoms with Gasteiger partial charge in [-0.05, 0) is 43.1 Å². The molecule has 0 saturated carbocycles. The van der Waals surface area contributed by atoms with Crippen LogP contribution in [0, 0.1) is 0 Å². The first-order valence-corrected chi connectivity index (χ1v) is 13.6. The molecule has 0 amide bonds. The minimum Gasteiger partial charge on any atom is -0.0776 e. The zero-order valence-electron chi connectivity index (χ0n) is 23.5. The van der Waals surface area contributed by atoms with Gasteiger partial charge < -0.3 is 0 Å². The molecule has 0 radical (unpaired) electrons. The smallest absolute Gasteiger partial charge is 0.0105 e. The molecule has 6 rings (SSSR count). The van der Waals surface area contributed by atoms with Gasteiger partial charge in [-0.3, -0.25) is 0 Å². The largest absolute Gasteiger partial charge is 0.0776 e. The number of hydrogen-bond donors (Lipinski definition) is 0. The van der Waals surface area contributed by atoms with E-state index in [0.717, 1.165) is 0 Å². The highest BCUT2D eigenvalue weighted by Gasteiger charge is 1.98. The van der Waals surface area contributed by atoms with Gasteiger partial charge in [-0.2, -0.15) is 0 Å². The van der Waals surface area contributed by atoms with Gasteiger partial charge in [0.1, 0.15) is 0 Å². The van der Waals surface area contributed by atoms with Crippen LogP contribution >= 0.6 is 0 Å². The van der Waals surface area contributed by atoms with Crippen molar-refractivity contribution >= 4 is 43.1 Å². The fraction of sp³-hybridized carbons (Fsp3) is 0.243. The van der Waals surface area contributed by atoms with Crippen molar-refractivity contribution in [1.82, 2.24) is 0 Å². The van der Waals surface area contributed by atoms with E-state index in [1.165, 1.54) is 43.1 Å². The first-order chi connectivity index (χ1) is 17.9. The van der Waals surface area contributed by atoms with Gasteiger partial charge in [0.25, 0.3) is 0 Å². The van der Waals surface area contributed by atoms with E-state index in [1.54, 1.807) is 0 Å². The molecule has 0 aliphatic rings. The quantitative estimate of drug-likeness (QED) is 0.185. The lowest BCUT2D eigenvalue weighted by atomic mass is 10.0. The molecule has 0 unspecified atom stereocenters. The van der Waals surface area contributed by atoms with Crippen molar-refractivity contribution in [3.63, 3.8) is 0 Å². The Labute approximate surface area is 227 Å². The minimum absolute atomic E-state index is 0. The van der Waals surface area contributed by atoms with E-state index in [1.807, 2.05) is 55.4 Å². The van der Waals surface area contributed by atoms with Gasteiger partial charge in [-0.1, -0.05) is 184 Å². The number of rotatable bonds is 0. The Morgan fingerprint density at radius 2 is 0.405 bits per heavy atom. The monoisotopic (exact) mass is 492 g/mol. The van der Waals surface area contributed by atoms with Crippen LogP contribution in [0.4, 0.5) is 0 Å². The van der Waals surface area contributed by atoms with Crippen molar-refractivity contribution in [2.45, 2.75) is 62.8 Å². The maximum absolute atomic E-state index is 2.18. The summed E-state index contributed by atoms with van der Waals surface area (Å²) in [5, 5.41) is 10.6. The highest BCUT2D eigenvalue weighted by molar-refractivity contribution is 6.08. The summed E-state index contributed by atoms with van der Waals surface area (Å²) >= 11 is 0. The molecule has 0 atom stereocenters. The highest BCUT2D eigenvalue weighted by atomic mass is 14.0. The van der Waals surface area contributed by atoms with E-state index in [4.69, 9.17) is 0 Å². The second-order valence-corrected chi connectivity index (χ2v) is 7.02. The second-order valence-electron chi connectivity index (χ2n) is 7.02. The van der Waals surface area contributed by atoms with Gasteiger partial charge in [0.05, 0.1) is 0 Å². The molecular formula is C37H48. The molecule has 0 bridgehead atoms. The first-order valence-electron chi connectivity index (χ1n) is 13.6. The molecule has 0 fully saturated rings. The Morgan fingerprint density at radius 3 is 0.595 bits per heavy atom. The van der Waals surface area contributed by atoms with E-state index in [2.05, 4.69) is 121 Å². The molecule has 0 saturated heterocycles. The van der Waals surface area contributed by atoms with E-state index < -0.39 is 0 Å². The Kier molecular flexibility index (Phi) is 17.6. The molecule has 196 valence electrons. The number of benzene rings is 6. The summed E-state index contributed by atoms with van der Waals surface area (Å²) in [5.41, 5.74) is 0. The molecule has 0 nitrogen and oxygen atoms in total. The molecule has 6 aromatic carbocycles. The van der Waals surface area contributed by atoms with Gasteiger partial charge in [0.15, 0.2) is 0 Å². The minimum atomic E-state index is 0. The SMILES string of the molecule is C.CC.CC.CC.CC.c1ccc2c(c1)ccc1ccccc12.c1ccc2c(c1)ccc1ccccc12.